The van der Waals surface area contributed by atoms with E-state index >= 15 is 0 Å². The predicted molar refractivity (Wildman–Crippen MR) is 129 cm³/mol. The number of esters is 1. The van der Waals surface area contributed by atoms with Crippen molar-refractivity contribution in [3.05, 3.63) is 85.7 Å². The molecule has 0 saturated heterocycles. The molecule has 1 amide bonds. The van der Waals surface area contributed by atoms with Crippen LogP contribution in [0.2, 0.25) is 10.0 Å². The van der Waals surface area contributed by atoms with Crippen LogP contribution in [-0.4, -0.2) is 29.9 Å². The number of fused-ring (bicyclic) bond motifs is 1. The van der Waals surface area contributed by atoms with E-state index in [9.17, 15) is 9.59 Å². The highest BCUT2D eigenvalue weighted by Gasteiger charge is 2.30. The third-order valence-corrected chi connectivity index (χ3v) is 6.96. The molecule has 1 aromatic heterocycles. The van der Waals surface area contributed by atoms with Gasteiger partial charge in [0.05, 0.1) is 22.8 Å². The number of ether oxygens (including phenoxy) is 1. The summed E-state index contributed by atoms with van der Waals surface area (Å²) in [6, 6.07) is 15.0. The zero-order valence-corrected chi connectivity index (χ0v) is 19.8. The highest BCUT2D eigenvalue weighted by atomic mass is 35.5. The van der Waals surface area contributed by atoms with Gasteiger partial charge in [-0.2, -0.15) is 0 Å². The van der Waals surface area contributed by atoms with Crippen LogP contribution in [0.1, 0.15) is 43.6 Å². The Bertz CT molecular complexity index is 1150. The quantitative estimate of drug-likeness (QED) is 0.429. The van der Waals surface area contributed by atoms with Gasteiger partial charge in [0, 0.05) is 29.5 Å². The summed E-state index contributed by atoms with van der Waals surface area (Å²) >= 11 is 13.6. The number of anilines is 1. The molecule has 0 fully saturated rings. The van der Waals surface area contributed by atoms with E-state index in [2.05, 4.69) is 22.3 Å². The highest BCUT2D eigenvalue weighted by molar-refractivity contribution is 7.17. The third-order valence-electron chi connectivity index (χ3n) is 5.26. The molecule has 0 aliphatic carbocycles. The van der Waals surface area contributed by atoms with Crippen LogP contribution in [0.5, 0.6) is 0 Å². The number of rotatable bonds is 6. The number of amides is 1. The molecule has 2 heterocycles. The van der Waals surface area contributed by atoms with Gasteiger partial charge in [-0.25, -0.2) is 4.79 Å². The molecule has 32 heavy (non-hydrogen) atoms. The Balaban J connectivity index is 1.62. The second-order valence-corrected chi connectivity index (χ2v) is 9.40. The molecule has 0 bridgehead atoms. The number of nitrogens with zero attached hydrogens (tertiary/aromatic N) is 1. The summed E-state index contributed by atoms with van der Waals surface area (Å²) in [5, 5.41) is 4.06. The van der Waals surface area contributed by atoms with Crippen LogP contribution in [-0.2, 0) is 24.2 Å². The van der Waals surface area contributed by atoms with E-state index < -0.39 is 11.9 Å². The van der Waals surface area contributed by atoms with E-state index in [0.717, 1.165) is 23.5 Å². The lowest BCUT2D eigenvalue weighted by Gasteiger charge is -2.27. The predicted octanol–water partition coefficient (Wildman–Crippen LogP) is 6.04. The fourth-order valence-corrected chi connectivity index (χ4v) is 5.43. The van der Waals surface area contributed by atoms with E-state index in [-0.39, 0.29) is 12.2 Å². The Morgan fingerprint density at radius 2 is 1.94 bits per heavy atom. The van der Waals surface area contributed by atoms with Gasteiger partial charge in [-0.15, -0.1) is 11.3 Å². The number of benzene rings is 2. The topological polar surface area (TPSA) is 58.6 Å². The number of nitrogens with one attached hydrogen (secondary N) is 1. The Kier molecular flexibility index (Phi) is 7.16. The molecule has 0 spiro atoms. The van der Waals surface area contributed by atoms with Crippen molar-refractivity contribution in [1.29, 1.82) is 0 Å². The van der Waals surface area contributed by atoms with Gasteiger partial charge >= 0.3 is 5.97 Å². The molecule has 1 aliphatic rings. The smallest absolute Gasteiger partial charge is 0.341 e. The Morgan fingerprint density at radius 3 is 2.69 bits per heavy atom. The van der Waals surface area contributed by atoms with Crippen molar-refractivity contribution in [2.24, 2.45) is 0 Å². The van der Waals surface area contributed by atoms with Crippen molar-refractivity contribution in [2.45, 2.75) is 26.4 Å². The van der Waals surface area contributed by atoms with Crippen LogP contribution < -0.4 is 5.32 Å². The molecule has 166 valence electrons. The molecule has 1 aliphatic heterocycles. The number of thiophene rings is 1. The van der Waals surface area contributed by atoms with Gasteiger partial charge in [0.15, 0.2) is 0 Å². The van der Waals surface area contributed by atoms with Crippen LogP contribution in [0.15, 0.2) is 48.5 Å². The minimum Gasteiger partial charge on any atom is -0.462 e. The SMILES string of the molecule is CCOC(=O)c1c(NC(=O)c2cc(Cl)ccc2Cl)sc2c1CCN(Cc1ccccc1)C2. The maximum absolute atomic E-state index is 12.9. The lowest BCUT2D eigenvalue weighted by atomic mass is 10.0. The fraction of sp³-hybridized carbons (Fsp3) is 0.250. The summed E-state index contributed by atoms with van der Waals surface area (Å²) in [4.78, 5) is 29.1. The maximum atomic E-state index is 12.9. The van der Waals surface area contributed by atoms with Crippen molar-refractivity contribution in [2.75, 3.05) is 18.5 Å². The zero-order chi connectivity index (χ0) is 22.7. The fourth-order valence-electron chi connectivity index (χ4n) is 3.78. The van der Waals surface area contributed by atoms with Crippen LogP contribution in [0.3, 0.4) is 0 Å². The van der Waals surface area contributed by atoms with Crippen molar-refractivity contribution < 1.29 is 14.3 Å². The first-order valence-electron chi connectivity index (χ1n) is 10.3. The normalized spacial score (nSPS) is 13.5. The van der Waals surface area contributed by atoms with E-state index in [1.165, 1.54) is 23.0 Å². The lowest BCUT2D eigenvalue weighted by molar-refractivity contribution is 0.0526. The first kappa shape index (κ1) is 22.8. The second-order valence-electron chi connectivity index (χ2n) is 7.45. The lowest BCUT2D eigenvalue weighted by Crippen LogP contribution is -2.29. The van der Waals surface area contributed by atoms with Gasteiger partial charge in [-0.1, -0.05) is 53.5 Å². The van der Waals surface area contributed by atoms with E-state index in [0.29, 0.717) is 33.6 Å². The maximum Gasteiger partial charge on any atom is 0.341 e. The van der Waals surface area contributed by atoms with Gasteiger partial charge < -0.3 is 10.1 Å². The minimum atomic E-state index is -0.422. The number of carbonyl (C=O) groups is 2. The Labute approximate surface area is 200 Å². The van der Waals surface area contributed by atoms with Crippen LogP contribution in [0.25, 0.3) is 0 Å². The minimum absolute atomic E-state index is 0.256. The Morgan fingerprint density at radius 1 is 1.16 bits per heavy atom. The molecular formula is C24H22Cl2N2O3S. The summed E-state index contributed by atoms with van der Waals surface area (Å²) < 4.78 is 5.30. The van der Waals surface area contributed by atoms with Crippen molar-refractivity contribution in [3.8, 4) is 0 Å². The first-order chi connectivity index (χ1) is 15.5. The van der Waals surface area contributed by atoms with Gasteiger partial charge in [0.1, 0.15) is 5.00 Å². The number of halogens is 2. The molecule has 5 nitrogen and oxygen atoms in total. The van der Waals surface area contributed by atoms with Crippen LogP contribution in [0.4, 0.5) is 5.00 Å². The summed E-state index contributed by atoms with van der Waals surface area (Å²) in [5.41, 5.74) is 2.89. The number of carbonyl (C=O) groups excluding carboxylic acids is 2. The Hall–Kier alpha value is -2.38. The first-order valence-corrected chi connectivity index (χ1v) is 11.9. The monoisotopic (exact) mass is 488 g/mol. The largest absolute Gasteiger partial charge is 0.462 e. The number of hydrogen-bond donors (Lipinski definition) is 1. The van der Waals surface area contributed by atoms with E-state index in [1.807, 2.05) is 18.2 Å². The highest BCUT2D eigenvalue weighted by Crippen LogP contribution is 2.38. The molecule has 0 saturated carbocycles. The van der Waals surface area contributed by atoms with Crippen molar-refractivity contribution in [3.63, 3.8) is 0 Å². The molecule has 1 N–H and O–H groups in total. The third kappa shape index (κ3) is 4.99. The average molecular weight is 489 g/mol. The standard InChI is InChI=1S/C24H22Cl2N2O3S/c1-2-31-24(30)21-17-10-11-28(13-15-6-4-3-5-7-15)14-20(17)32-23(21)27-22(29)18-12-16(25)8-9-19(18)26/h3-9,12H,2,10-11,13-14H2,1H3,(H,27,29). The van der Waals surface area contributed by atoms with E-state index in [4.69, 9.17) is 27.9 Å². The molecule has 0 unspecified atom stereocenters. The zero-order valence-electron chi connectivity index (χ0n) is 17.5. The van der Waals surface area contributed by atoms with Crippen molar-refractivity contribution in [1.82, 2.24) is 4.90 Å². The van der Waals surface area contributed by atoms with E-state index in [1.54, 1.807) is 19.1 Å². The molecular weight excluding hydrogens is 467 g/mol. The summed E-state index contributed by atoms with van der Waals surface area (Å²) in [6.45, 7) is 4.37. The van der Waals surface area contributed by atoms with Gasteiger partial charge in [0.25, 0.3) is 5.91 Å². The molecule has 4 rings (SSSR count). The number of hydrogen-bond acceptors (Lipinski definition) is 5. The molecule has 3 aromatic rings. The average Bonchev–Trinajstić information content (AvgIpc) is 3.13. The van der Waals surface area contributed by atoms with Gasteiger partial charge in [-0.05, 0) is 42.7 Å². The summed E-state index contributed by atoms with van der Waals surface area (Å²) in [5.74, 6) is -0.836. The van der Waals surface area contributed by atoms with Crippen molar-refractivity contribution >= 4 is 51.4 Å². The van der Waals surface area contributed by atoms with Crippen LogP contribution in [0, 0.1) is 0 Å². The second kappa shape index (κ2) is 10.0. The molecule has 0 atom stereocenters. The molecule has 8 heteroatoms. The van der Waals surface area contributed by atoms with Gasteiger partial charge in [-0.3, -0.25) is 9.69 Å². The van der Waals surface area contributed by atoms with Crippen LogP contribution >= 0.6 is 34.5 Å². The molecule has 0 radical (unpaired) electrons. The summed E-state index contributed by atoms with van der Waals surface area (Å²) in [7, 11) is 0. The summed E-state index contributed by atoms with van der Waals surface area (Å²) in [6.07, 6.45) is 0.709. The van der Waals surface area contributed by atoms with Gasteiger partial charge in [0.2, 0.25) is 0 Å². The molecule has 2 aromatic carbocycles.